The molecule has 184 valence electrons. The molecular weight excluding hydrogens is 461 g/mol. The first-order valence-electron chi connectivity index (χ1n) is 10.9. The van der Waals surface area contributed by atoms with Gasteiger partial charge in [-0.1, -0.05) is 30.3 Å². The lowest BCUT2D eigenvalue weighted by molar-refractivity contribution is -0.174. The van der Waals surface area contributed by atoms with E-state index in [1.165, 1.54) is 14.2 Å². The topological polar surface area (TPSA) is 60.0 Å². The summed E-state index contributed by atoms with van der Waals surface area (Å²) in [7, 11) is 4.56. The second-order valence-corrected chi connectivity index (χ2v) is 8.04. The number of nitrogens with zero attached hydrogens (tertiary/aromatic N) is 1. The molecule has 0 saturated carbocycles. The van der Waals surface area contributed by atoms with Gasteiger partial charge in [-0.2, -0.15) is 13.2 Å². The number of hydrogen-bond donors (Lipinski definition) is 1. The average molecular weight is 486 g/mol. The van der Waals surface area contributed by atoms with Gasteiger partial charge in [0.1, 0.15) is 5.75 Å². The van der Waals surface area contributed by atoms with Crippen LogP contribution in [-0.2, 0) is 11.2 Å². The molecule has 6 nitrogen and oxygen atoms in total. The molecule has 0 radical (unpaired) electrons. The Labute approximate surface area is 201 Å². The zero-order valence-corrected chi connectivity index (χ0v) is 19.4. The molecule has 1 heterocycles. The fraction of sp³-hybridized carbons (Fsp3) is 0.269. The number of ether oxygens (including phenoxy) is 3. The quantitative estimate of drug-likeness (QED) is 0.519. The van der Waals surface area contributed by atoms with Gasteiger partial charge in [-0.25, -0.2) is 0 Å². The zero-order chi connectivity index (χ0) is 25.2. The predicted octanol–water partition coefficient (Wildman–Crippen LogP) is 5.20. The number of benzene rings is 3. The minimum Gasteiger partial charge on any atom is -0.497 e. The van der Waals surface area contributed by atoms with Gasteiger partial charge in [0.05, 0.1) is 33.4 Å². The van der Waals surface area contributed by atoms with E-state index in [1.807, 2.05) is 47.4 Å². The molecule has 3 aromatic carbocycles. The maximum Gasteiger partial charge on any atom is 0.471 e. The molecular formula is C26H25F3N2O4. The van der Waals surface area contributed by atoms with Crippen LogP contribution >= 0.6 is 0 Å². The van der Waals surface area contributed by atoms with E-state index in [4.69, 9.17) is 14.2 Å². The Kier molecular flexibility index (Phi) is 6.77. The number of rotatable bonds is 6. The summed E-state index contributed by atoms with van der Waals surface area (Å²) in [6, 6.07) is 18.3. The molecule has 1 amide bonds. The second kappa shape index (κ2) is 9.77. The SMILES string of the molecule is COc1ccc(N2c3cc(OC)c(OC)cc3C[C@H](NC(=O)C(F)(F)F)[C@H]2c2ccccc2)cc1. The lowest BCUT2D eigenvalue weighted by Gasteiger charge is -2.44. The van der Waals surface area contributed by atoms with Gasteiger partial charge in [-0.3, -0.25) is 4.79 Å². The van der Waals surface area contributed by atoms with Crippen LogP contribution in [-0.4, -0.2) is 39.5 Å². The lowest BCUT2D eigenvalue weighted by Crippen LogP contribution is -2.52. The molecule has 9 heteroatoms. The molecule has 0 saturated heterocycles. The first-order chi connectivity index (χ1) is 16.8. The minimum absolute atomic E-state index is 0.156. The summed E-state index contributed by atoms with van der Waals surface area (Å²) in [6.45, 7) is 0. The first kappa shape index (κ1) is 24.3. The fourth-order valence-electron chi connectivity index (χ4n) is 4.43. The molecule has 1 aliphatic rings. The fourth-order valence-corrected chi connectivity index (χ4v) is 4.43. The Balaban J connectivity index is 1.93. The highest BCUT2D eigenvalue weighted by Gasteiger charge is 2.44. The van der Waals surface area contributed by atoms with Crippen LogP contribution in [0, 0.1) is 0 Å². The van der Waals surface area contributed by atoms with Crippen molar-refractivity contribution in [3.05, 3.63) is 77.9 Å². The van der Waals surface area contributed by atoms with E-state index in [9.17, 15) is 18.0 Å². The molecule has 0 aliphatic carbocycles. The zero-order valence-electron chi connectivity index (χ0n) is 19.4. The van der Waals surface area contributed by atoms with Crippen molar-refractivity contribution in [3.8, 4) is 17.2 Å². The number of halogens is 3. The summed E-state index contributed by atoms with van der Waals surface area (Å²) in [5.74, 6) is -0.423. The summed E-state index contributed by atoms with van der Waals surface area (Å²) in [6.07, 6.45) is -4.85. The molecule has 0 fully saturated rings. The molecule has 0 unspecified atom stereocenters. The highest BCUT2D eigenvalue weighted by molar-refractivity contribution is 5.83. The molecule has 1 N–H and O–H groups in total. The Bertz CT molecular complexity index is 1180. The van der Waals surface area contributed by atoms with Crippen LogP contribution in [0.2, 0.25) is 0 Å². The number of methoxy groups -OCH3 is 3. The maximum absolute atomic E-state index is 13.3. The smallest absolute Gasteiger partial charge is 0.471 e. The van der Waals surface area contributed by atoms with Gasteiger partial charge >= 0.3 is 12.1 Å². The van der Waals surface area contributed by atoms with Crippen molar-refractivity contribution in [1.82, 2.24) is 5.32 Å². The van der Waals surface area contributed by atoms with E-state index in [0.29, 0.717) is 28.5 Å². The molecule has 35 heavy (non-hydrogen) atoms. The number of alkyl halides is 3. The molecule has 3 aromatic rings. The van der Waals surface area contributed by atoms with E-state index in [0.717, 1.165) is 11.3 Å². The van der Waals surface area contributed by atoms with Gasteiger partial charge in [0.2, 0.25) is 0 Å². The molecule has 0 bridgehead atoms. The van der Waals surface area contributed by atoms with Crippen LogP contribution in [0.5, 0.6) is 17.2 Å². The van der Waals surface area contributed by atoms with Crippen molar-refractivity contribution >= 4 is 17.3 Å². The number of carbonyl (C=O) groups is 1. The van der Waals surface area contributed by atoms with E-state index in [1.54, 1.807) is 31.4 Å². The summed E-state index contributed by atoms with van der Waals surface area (Å²) in [5, 5.41) is 2.23. The Morgan fingerprint density at radius 1 is 0.914 bits per heavy atom. The van der Waals surface area contributed by atoms with Gasteiger partial charge in [0, 0.05) is 17.4 Å². The number of fused-ring (bicyclic) bond motifs is 1. The van der Waals surface area contributed by atoms with Crippen LogP contribution in [0.3, 0.4) is 0 Å². The standard InChI is InChI=1S/C26H25F3N2O4/c1-33-19-11-9-18(10-12-19)31-21-15-23(35-3)22(34-2)14-17(21)13-20(30-25(32)26(27,28)29)24(31)16-7-5-4-6-8-16/h4-12,14-15,20,24H,13H2,1-3H3,(H,30,32)/t20-,24+/m0/s1. The number of nitrogens with one attached hydrogen (secondary N) is 1. The van der Waals surface area contributed by atoms with Crippen LogP contribution in [0.4, 0.5) is 24.5 Å². The summed E-state index contributed by atoms with van der Waals surface area (Å²) in [4.78, 5) is 14.0. The predicted molar refractivity (Wildman–Crippen MR) is 126 cm³/mol. The van der Waals surface area contributed by atoms with Crippen molar-refractivity contribution in [2.75, 3.05) is 26.2 Å². The van der Waals surface area contributed by atoms with Gasteiger partial charge in [0.15, 0.2) is 11.5 Å². The van der Waals surface area contributed by atoms with Crippen LogP contribution < -0.4 is 24.4 Å². The molecule has 1 aliphatic heterocycles. The average Bonchev–Trinajstić information content (AvgIpc) is 2.87. The van der Waals surface area contributed by atoms with Crippen molar-refractivity contribution in [2.45, 2.75) is 24.7 Å². The van der Waals surface area contributed by atoms with Crippen molar-refractivity contribution < 1.29 is 32.2 Å². The third kappa shape index (κ3) is 4.84. The Hall–Kier alpha value is -3.88. The number of carbonyl (C=O) groups excluding carboxylic acids is 1. The maximum atomic E-state index is 13.3. The number of anilines is 2. The largest absolute Gasteiger partial charge is 0.497 e. The normalized spacial score (nSPS) is 17.4. The highest BCUT2D eigenvalue weighted by Crippen LogP contribution is 2.47. The van der Waals surface area contributed by atoms with Gasteiger partial charge in [0.25, 0.3) is 0 Å². The number of amides is 1. The summed E-state index contributed by atoms with van der Waals surface area (Å²) in [5.41, 5.74) is 2.90. The Morgan fingerprint density at radius 3 is 2.11 bits per heavy atom. The van der Waals surface area contributed by atoms with E-state index >= 15 is 0 Å². The van der Waals surface area contributed by atoms with Crippen LogP contribution in [0.25, 0.3) is 0 Å². The van der Waals surface area contributed by atoms with Crippen molar-refractivity contribution in [2.24, 2.45) is 0 Å². The second-order valence-electron chi connectivity index (χ2n) is 8.04. The van der Waals surface area contributed by atoms with E-state index in [2.05, 4.69) is 5.32 Å². The lowest BCUT2D eigenvalue weighted by atomic mass is 9.86. The van der Waals surface area contributed by atoms with Crippen LogP contribution in [0.1, 0.15) is 17.2 Å². The third-order valence-corrected chi connectivity index (χ3v) is 6.01. The van der Waals surface area contributed by atoms with Gasteiger partial charge in [-0.05, 0) is 47.9 Å². The molecule has 4 rings (SSSR count). The third-order valence-electron chi connectivity index (χ3n) is 6.01. The molecule has 0 spiro atoms. The first-order valence-corrected chi connectivity index (χ1v) is 10.9. The van der Waals surface area contributed by atoms with Crippen molar-refractivity contribution in [3.63, 3.8) is 0 Å². The van der Waals surface area contributed by atoms with Crippen LogP contribution in [0.15, 0.2) is 66.7 Å². The summed E-state index contributed by atoms with van der Waals surface area (Å²) >= 11 is 0. The minimum atomic E-state index is -5.01. The molecule has 0 aromatic heterocycles. The summed E-state index contributed by atoms with van der Waals surface area (Å²) < 4.78 is 56.0. The van der Waals surface area contributed by atoms with E-state index < -0.39 is 24.2 Å². The highest BCUT2D eigenvalue weighted by atomic mass is 19.4. The Morgan fingerprint density at radius 2 is 1.54 bits per heavy atom. The monoisotopic (exact) mass is 486 g/mol. The van der Waals surface area contributed by atoms with Crippen molar-refractivity contribution in [1.29, 1.82) is 0 Å². The molecule has 2 atom stereocenters. The van der Waals surface area contributed by atoms with Gasteiger partial charge < -0.3 is 24.4 Å². The number of hydrogen-bond acceptors (Lipinski definition) is 5. The van der Waals surface area contributed by atoms with Gasteiger partial charge in [-0.15, -0.1) is 0 Å². The van der Waals surface area contributed by atoms with E-state index in [-0.39, 0.29) is 6.42 Å².